The molecule has 0 heterocycles. The second kappa shape index (κ2) is 6.95. The Labute approximate surface area is 110 Å². The van der Waals surface area contributed by atoms with E-state index in [-0.39, 0.29) is 0 Å². The fourth-order valence-electron chi connectivity index (χ4n) is 2.59. The normalized spacial score (nSPS) is 22.3. The molecule has 2 fully saturated rings. The van der Waals surface area contributed by atoms with Gasteiger partial charge in [0, 0.05) is 18.6 Å². The lowest BCUT2D eigenvalue weighted by Crippen LogP contribution is -2.47. The minimum absolute atomic E-state index is 0.551. The van der Waals surface area contributed by atoms with Crippen molar-refractivity contribution in [1.82, 2.24) is 15.6 Å². The van der Waals surface area contributed by atoms with Crippen LogP contribution in [0.15, 0.2) is 4.99 Å². The molecule has 0 amide bonds. The van der Waals surface area contributed by atoms with Crippen LogP contribution in [0.1, 0.15) is 44.9 Å². The van der Waals surface area contributed by atoms with E-state index in [1.807, 2.05) is 0 Å². The van der Waals surface area contributed by atoms with Crippen molar-refractivity contribution >= 4 is 5.96 Å². The molecule has 2 rings (SSSR count). The summed E-state index contributed by atoms with van der Waals surface area (Å²) in [5.74, 6) is 6.28. The van der Waals surface area contributed by atoms with Gasteiger partial charge in [0.15, 0.2) is 0 Å². The number of nitrogens with one attached hydrogen (secondary N) is 2. The fourth-order valence-corrected chi connectivity index (χ4v) is 2.59. The van der Waals surface area contributed by atoms with E-state index in [4.69, 9.17) is 5.84 Å². The first-order chi connectivity index (χ1) is 8.79. The van der Waals surface area contributed by atoms with Crippen LogP contribution in [-0.4, -0.2) is 43.1 Å². The Hall–Kier alpha value is -0.810. The molecule has 0 aromatic rings. The topological polar surface area (TPSA) is 65.7 Å². The molecule has 4 N–H and O–H groups in total. The molecular weight excluding hydrogens is 226 g/mol. The average molecular weight is 253 g/mol. The maximum Gasteiger partial charge on any atom is 0.205 e. The van der Waals surface area contributed by atoms with Gasteiger partial charge in [-0.25, -0.2) is 5.84 Å². The van der Waals surface area contributed by atoms with Crippen LogP contribution in [0, 0.1) is 0 Å². The number of nitrogens with zero attached hydrogens (tertiary/aromatic N) is 2. The van der Waals surface area contributed by atoms with E-state index in [0.717, 1.165) is 25.1 Å². The summed E-state index contributed by atoms with van der Waals surface area (Å²) in [5, 5.41) is 3.42. The molecule has 0 spiro atoms. The van der Waals surface area contributed by atoms with E-state index >= 15 is 0 Å². The molecule has 0 aromatic carbocycles. The minimum atomic E-state index is 0.551. The lowest BCUT2D eigenvalue weighted by molar-refractivity contribution is 0.333. The Balaban J connectivity index is 1.68. The third-order valence-corrected chi connectivity index (χ3v) is 3.98. The Kier molecular flexibility index (Phi) is 5.26. The number of nitrogens with two attached hydrogens (primary N) is 1. The van der Waals surface area contributed by atoms with E-state index in [1.165, 1.54) is 44.9 Å². The Morgan fingerprint density at radius 1 is 1.22 bits per heavy atom. The second-order valence-electron chi connectivity index (χ2n) is 5.57. The lowest BCUT2D eigenvalue weighted by atomic mass is 9.96. The Morgan fingerprint density at radius 2 is 1.94 bits per heavy atom. The second-order valence-corrected chi connectivity index (χ2v) is 5.57. The summed E-state index contributed by atoms with van der Waals surface area (Å²) in [5.41, 5.74) is 2.69. The number of aliphatic imine (C=N–C) groups is 1. The number of hydrazine groups is 1. The molecule has 2 aliphatic rings. The Bertz CT molecular complexity index is 269. The van der Waals surface area contributed by atoms with Gasteiger partial charge in [-0.2, -0.15) is 0 Å². The zero-order chi connectivity index (χ0) is 12.8. The van der Waals surface area contributed by atoms with Crippen LogP contribution in [0.3, 0.4) is 0 Å². The highest BCUT2D eigenvalue weighted by Crippen LogP contribution is 2.24. The van der Waals surface area contributed by atoms with Crippen molar-refractivity contribution in [3.63, 3.8) is 0 Å². The van der Waals surface area contributed by atoms with Crippen LogP contribution in [0.2, 0.25) is 0 Å². The number of hydrogen-bond donors (Lipinski definition) is 3. The van der Waals surface area contributed by atoms with Gasteiger partial charge in [-0.1, -0.05) is 19.3 Å². The summed E-state index contributed by atoms with van der Waals surface area (Å²) in [6.45, 7) is 1.83. The number of guanidine groups is 1. The predicted molar refractivity (Wildman–Crippen MR) is 75.3 cm³/mol. The summed E-state index contributed by atoms with van der Waals surface area (Å²) in [4.78, 5) is 6.90. The molecule has 0 unspecified atom stereocenters. The van der Waals surface area contributed by atoms with Gasteiger partial charge in [-0.3, -0.25) is 10.4 Å². The van der Waals surface area contributed by atoms with E-state index in [0.29, 0.717) is 6.04 Å². The molecule has 0 aliphatic heterocycles. The molecule has 5 nitrogen and oxygen atoms in total. The first kappa shape index (κ1) is 13.6. The monoisotopic (exact) mass is 253 g/mol. The first-order valence-corrected chi connectivity index (χ1v) is 7.27. The van der Waals surface area contributed by atoms with Crippen molar-refractivity contribution in [2.24, 2.45) is 10.8 Å². The molecule has 0 bridgehead atoms. The number of hydrogen-bond acceptors (Lipinski definition) is 3. The highest BCUT2D eigenvalue weighted by molar-refractivity contribution is 5.79. The summed E-state index contributed by atoms with van der Waals surface area (Å²) < 4.78 is 0. The molecule has 0 atom stereocenters. The largest absolute Gasteiger partial charge is 0.353 e. The van der Waals surface area contributed by atoms with E-state index in [9.17, 15) is 0 Å². The standard InChI is InChI=1S/C13H27N5/c1-18(12-7-8-12)10-9-15-13(17-14)16-11-5-3-2-4-6-11/h11-12H,2-10,14H2,1H3,(H2,15,16,17). The summed E-state index contributed by atoms with van der Waals surface area (Å²) in [7, 11) is 2.18. The van der Waals surface area contributed by atoms with Gasteiger partial charge in [0.25, 0.3) is 0 Å². The number of rotatable bonds is 5. The van der Waals surface area contributed by atoms with Crippen molar-refractivity contribution in [3.05, 3.63) is 0 Å². The smallest absolute Gasteiger partial charge is 0.205 e. The molecule has 2 aliphatic carbocycles. The van der Waals surface area contributed by atoms with Crippen LogP contribution in [0.25, 0.3) is 0 Å². The maximum atomic E-state index is 5.52. The van der Waals surface area contributed by atoms with Gasteiger partial charge in [0.1, 0.15) is 0 Å². The SMILES string of the molecule is CN(CCN=C(NN)NC1CCCCC1)C1CC1. The predicted octanol–water partition coefficient (Wildman–Crippen LogP) is 0.822. The van der Waals surface area contributed by atoms with Gasteiger partial charge < -0.3 is 10.2 Å². The van der Waals surface area contributed by atoms with Crippen LogP contribution in [0.4, 0.5) is 0 Å². The van der Waals surface area contributed by atoms with E-state index in [2.05, 4.69) is 27.7 Å². The number of likely N-dealkylation sites (N-methyl/N-ethyl adjacent to an activating group) is 1. The average Bonchev–Trinajstić information content (AvgIpc) is 3.23. The summed E-state index contributed by atoms with van der Waals surface area (Å²) in [6, 6.07) is 1.36. The van der Waals surface area contributed by atoms with Crippen molar-refractivity contribution in [3.8, 4) is 0 Å². The van der Waals surface area contributed by atoms with Crippen LogP contribution >= 0.6 is 0 Å². The van der Waals surface area contributed by atoms with Crippen molar-refractivity contribution in [1.29, 1.82) is 0 Å². The van der Waals surface area contributed by atoms with E-state index in [1.54, 1.807) is 0 Å². The third kappa shape index (κ3) is 4.46. The van der Waals surface area contributed by atoms with Gasteiger partial charge in [-0.05, 0) is 32.7 Å². The lowest BCUT2D eigenvalue weighted by Gasteiger charge is -2.24. The summed E-state index contributed by atoms with van der Waals surface area (Å²) >= 11 is 0. The van der Waals surface area contributed by atoms with Crippen LogP contribution in [0.5, 0.6) is 0 Å². The van der Waals surface area contributed by atoms with Crippen LogP contribution < -0.4 is 16.6 Å². The van der Waals surface area contributed by atoms with Gasteiger partial charge >= 0.3 is 0 Å². The fraction of sp³-hybridized carbons (Fsp3) is 0.923. The van der Waals surface area contributed by atoms with Crippen molar-refractivity contribution in [2.75, 3.05) is 20.1 Å². The zero-order valence-corrected chi connectivity index (χ0v) is 11.5. The third-order valence-electron chi connectivity index (χ3n) is 3.98. The maximum absolute atomic E-state index is 5.52. The van der Waals surface area contributed by atoms with Crippen molar-refractivity contribution < 1.29 is 0 Å². The highest BCUT2D eigenvalue weighted by atomic mass is 15.3. The van der Waals surface area contributed by atoms with E-state index < -0.39 is 0 Å². The van der Waals surface area contributed by atoms with Crippen molar-refractivity contribution in [2.45, 2.75) is 57.0 Å². The molecule has 5 heteroatoms. The Morgan fingerprint density at radius 3 is 2.56 bits per heavy atom. The quantitative estimate of drug-likeness (QED) is 0.294. The molecule has 0 saturated heterocycles. The molecule has 0 aromatic heterocycles. The molecule has 0 radical (unpaired) electrons. The molecule has 18 heavy (non-hydrogen) atoms. The zero-order valence-electron chi connectivity index (χ0n) is 11.5. The van der Waals surface area contributed by atoms with Gasteiger partial charge in [-0.15, -0.1) is 0 Å². The molecule has 2 saturated carbocycles. The highest BCUT2D eigenvalue weighted by Gasteiger charge is 2.25. The van der Waals surface area contributed by atoms with Gasteiger partial charge in [0.2, 0.25) is 5.96 Å². The van der Waals surface area contributed by atoms with Gasteiger partial charge in [0.05, 0.1) is 6.54 Å². The molecular formula is C13H27N5. The minimum Gasteiger partial charge on any atom is -0.353 e. The summed E-state index contributed by atoms with van der Waals surface area (Å²) in [6.07, 6.45) is 9.18. The molecule has 104 valence electrons. The van der Waals surface area contributed by atoms with Crippen LogP contribution in [-0.2, 0) is 0 Å². The first-order valence-electron chi connectivity index (χ1n) is 7.27.